The van der Waals surface area contributed by atoms with Gasteiger partial charge in [0.15, 0.2) is 0 Å². The maximum atomic E-state index is 5.82. The zero-order chi connectivity index (χ0) is 17.2. The molecule has 0 bridgehead atoms. The van der Waals surface area contributed by atoms with Crippen molar-refractivity contribution in [2.45, 2.75) is 13.8 Å². The summed E-state index contributed by atoms with van der Waals surface area (Å²) in [4.78, 5) is 9.13. The van der Waals surface area contributed by atoms with E-state index < -0.39 is 0 Å². The number of para-hydroxylation sites is 1. The Morgan fingerprint density at radius 1 is 0.960 bits per heavy atom. The number of hydrogen-bond donors (Lipinski definition) is 1. The summed E-state index contributed by atoms with van der Waals surface area (Å²) in [7, 11) is 0. The summed E-state index contributed by atoms with van der Waals surface area (Å²) < 4.78 is 5.82. The molecule has 4 rings (SSSR count). The van der Waals surface area contributed by atoms with Crippen LogP contribution in [0, 0.1) is 6.92 Å². The van der Waals surface area contributed by atoms with Gasteiger partial charge in [-0.25, -0.2) is 9.97 Å². The van der Waals surface area contributed by atoms with Crippen molar-refractivity contribution in [2.75, 3.05) is 11.9 Å². The van der Waals surface area contributed by atoms with Gasteiger partial charge in [0.1, 0.15) is 5.82 Å². The molecule has 2 aromatic heterocycles. The molecule has 0 fully saturated rings. The number of aryl methyl sites for hydroxylation is 1. The monoisotopic (exact) mass is 331 g/mol. The van der Waals surface area contributed by atoms with Crippen molar-refractivity contribution < 1.29 is 4.42 Å². The molecule has 6 nitrogen and oxygen atoms in total. The zero-order valence-corrected chi connectivity index (χ0v) is 14.0. The normalized spacial score (nSPS) is 11.0. The molecule has 0 amide bonds. The van der Waals surface area contributed by atoms with Crippen LogP contribution in [0.25, 0.3) is 34.1 Å². The second-order valence-electron chi connectivity index (χ2n) is 5.73. The van der Waals surface area contributed by atoms with E-state index in [4.69, 9.17) is 4.42 Å². The molecule has 0 atom stereocenters. The molecule has 0 unspecified atom stereocenters. The predicted molar refractivity (Wildman–Crippen MR) is 97.2 cm³/mol. The molecule has 0 aliphatic carbocycles. The van der Waals surface area contributed by atoms with Crippen LogP contribution in [0.5, 0.6) is 0 Å². The summed E-state index contributed by atoms with van der Waals surface area (Å²) >= 11 is 0. The highest BCUT2D eigenvalue weighted by atomic mass is 16.4. The van der Waals surface area contributed by atoms with Gasteiger partial charge in [-0.05, 0) is 38.1 Å². The van der Waals surface area contributed by atoms with Gasteiger partial charge < -0.3 is 9.73 Å². The summed E-state index contributed by atoms with van der Waals surface area (Å²) in [6, 6.07) is 15.8. The van der Waals surface area contributed by atoms with Gasteiger partial charge in [-0.1, -0.05) is 29.8 Å². The van der Waals surface area contributed by atoms with Gasteiger partial charge in [0.2, 0.25) is 11.7 Å². The molecule has 0 saturated heterocycles. The van der Waals surface area contributed by atoms with Crippen molar-refractivity contribution in [1.82, 2.24) is 20.2 Å². The first-order valence-corrected chi connectivity index (χ1v) is 8.16. The van der Waals surface area contributed by atoms with E-state index in [-0.39, 0.29) is 0 Å². The molecule has 0 radical (unpaired) electrons. The molecule has 25 heavy (non-hydrogen) atoms. The van der Waals surface area contributed by atoms with E-state index in [1.54, 1.807) is 0 Å². The van der Waals surface area contributed by atoms with Crippen molar-refractivity contribution in [1.29, 1.82) is 0 Å². The van der Waals surface area contributed by atoms with E-state index in [0.717, 1.165) is 34.4 Å². The van der Waals surface area contributed by atoms with Crippen LogP contribution in [-0.4, -0.2) is 26.7 Å². The summed E-state index contributed by atoms with van der Waals surface area (Å²) in [5.41, 5.74) is 2.85. The van der Waals surface area contributed by atoms with Crippen LogP contribution < -0.4 is 5.32 Å². The minimum Gasteiger partial charge on any atom is -0.413 e. The van der Waals surface area contributed by atoms with Gasteiger partial charge in [-0.2, -0.15) is 0 Å². The molecule has 0 spiro atoms. The Morgan fingerprint density at radius 2 is 1.80 bits per heavy atom. The lowest BCUT2D eigenvalue weighted by Gasteiger charge is -2.07. The minimum atomic E-state index is 0.307. The van der Waals surface area contributed by atoms with Crippen LogP contribution in [0.2, 0.25) is 0 Å². The van der Waals surface area contributed by atoms with Crippen LogP contribution in [-0.2, 0) is 0 Å². The SMILES string of the molecule is CCNc1nc(-c2nnc(-c3cccc(C)c3)o2)nc2ccccc12. The Bertz CT molecular complexity index is 1040. The third-order valence-corrected chi connectivity index (χ3v) is 3.83. The first-order chi connectivity index (χ1) is 12.2. The number of rotatable bonds is 4. The standard InChI is InChI=1S/C19H17N5O/c1-3-20-16-14-9-4-5-10-15(14)21-17(22-16)19-24-23-18(25-19)13-8-6-7-12(2)11-13/h4-11H,3H2,1-2H3,(H,20,21,22). The molecular weight excluding hydrogens is 314 g/mol. The molecule has 0 saturated carbocycles. The van der Waals surface area contributed by atoms with Gasteiger partial charge in [-0.3, -0.25) is 0 Å². The largest absolute Gasteiger partial charge is 0.413 e. The molecular formula is C19H17N5O. The van der Waals surface area contributed by atoms with Crippen LogP contribution >= 0.6 is 0 Å². The maximum Gasteiger partial charge on any atom is 0.286 e. The average molecular weight is 331 g/mol. The summed E-state index contributed by atoms with van der Waals surface area (Å²) in [5.74, 6) is 1.95. The molecule has 6 heteroatoms. The predicted octanol–water partition coefficient (Wildman–Crippen LogP) is 4.09. The van der Waals surface area contributed by atoms with Crippen molar-refractivity contribution >= 4 is 16.7 Å². The van der Waals surface area contributed by atoms with Gasteiger partial charge in [0.25, 0.3) is 5.89 Å². The van der Waals surface area contributed by atoms with E-state index >= 15 is 0 Å². The van der Waals surface area contributed by atoms with Crippen LogP contribution in [0.1, 0.15) is 12.5 Å². The van der Waals surface area contributed by atoms with Crippen molar-refractivity contribution in [3.8, 4) is 23.2 Å². The number of aromatic nitrogens is 4. The van der Waals surface area contributed by atoms with Crippen molar-refractivity contribution in [2.24, 2.45) is 0 Å². The molecule has 1 N–H and O–H groups in total. The van der Waals surface area contributed by atoms with Crippen molar-refractivity contribution in [3.05, 3.63) is 54.1 Å². The molecule has 2 aromatic carbocycles. The Kier molecular flexibility index (Phi) is 3.85. The van der Waals surface area contributed by atoms with Crippen LogP contribution in [0.4, 0.5) is 5.82 Å². The topological polar surface area (TPSA) is 76.7 Å². The fourth-order valence-electron chi connectivity index (χ4n) is 2.68. The number of hydrogen-bond acceptors (Lipinski definition) is 6. The molecule has 0 aliphatic rings. The Hall–Kier alpha value is -3.28. The van der Waals surface area contributed by atoms with Crippen LogP contribution in [0.3, 0.4) is 0 Å². The molecule has 4 aromatic rings. The van der Waals surface area contributed by atoms with Gasteiger partial charge >= 0.3 is 0 Å². The molecule has 124 valence electrons. The Morgan fingerprint density at radius 3 is 2.64 bits per heavy atom. The lowest BCUT2D eigenvalue weighted by molar-refractivity contribution is 0.579. The third kappa shape index (κ3) is 2.94. The highest BCUT2D eigenvalue weighted by molar-refractivity contribution is 5.90. The maximum absolute atomic E-state index is 5.82. The zero-order valence-electron chi connectivity index (χ0n) is 14.0. The number of nitrogens with one attached hydrogen (secondary N) is 1. The lowest BCUT2D eigenvalue weighted by atomic mass is 10.1. The highest BCUT2D eigenvalue weighted by Gasteiger charge is 2.15. The first kappa shape index (κ1) is 15.3. The fourth-order valence-corrected chi connectivity index (χ4v) is 2.68. The van der Waals surface area contributed by atoms with Crippen LogP contribution in [0.15, 0.2) is 52.9 Å². The van der Waals surface area contributed by atoms with Gasteiger partial charge in [-0.15, -0.1) is 10.2 Å². The summed E-state index contributed by atoms with van der Waals surface area (Å²) in [6.07, 6.45) is 0. The third-order valence-electron chi connectivity index (χ3n) is 3.83. The first-order valence-electron chi connectivity index (χ1n) is 8.16. The fraction of sp³-hybridized carbons (Fsp3) is 0.158. The number of anilines is 1. The smallest absolute Gasteiger partial charge is 0.286 e. The Balaban J connectivity index is 1.80. The number of nitrogens with zero attached hydrogens (tertiary/aromatic N) is 4. The summed E-state index contributed by atoms with van der Waals surface area (Å²) in [6.45, 7) is 4.81. The van der Waals surface area contributed by atoms with Crippen molar-refractivity contribution in [3.63, 3.8) is 0 Å². The Labute approximate surface area is 145 Å². The highest BCUT2D eigenvalue weighted by Crippen LogP contribution is 2.26. The summed E-state index contributed by atoms with van der Waals surface area (Å²) in [5, 5.41) is 12.5. The van der Waals surface area contributed by atoms with Gasteiger partial charge in [0, 0.05) is 17.5 Å². The quantitative estimate of drug-likeness (QED) is 0.607. The lowest BCUT2D eigenvalue weighted by Crippen LogP contribution is -2.03. The van der Waals surface area contributed by atoms with E-state index in [1.807, 2.05) is 62.4 Å². The second kappa shape index (κ2) is 6.32. The number of benzene rings is 2. The van der Waals surface area contributed by atoms with E-state index in [0.29, 0.717) is 17.6 Å². The molecule has 2 heterocycles. The minimum absolute atomic E-state index is 0.307. The van der Waals surface area contributed by atoms with E-state index in [2.05, 4.69) is 25.5 Å². The van der Waals surface area contributed by atoms with E-state index in [1.165, 1.54) is 0 Å². The second-order valence-corrected chi connectivity index (χ2v) is 5.73. The number of fused-ring (bicyclic) bond motifs is 1. The average Bonchev–Trinajstić information content (AvgIpc) is 3.12. The molecule has 0 aliphatic heterocycles. The van der Waals surface area contributed by atoms with Gasteiger partial charge in [0.05, 0.1) is 5.52 Å². The van der Waals surface area contributed by atoms with E-state index in [9.17, 15) is 0 Å².